The number of carbonyl (C=O) groups is 2. The minimum atomic E-state index is -0.607. The standard InChI is InChI=1S/C17H16N2O4/c20-11-19-9-14-7-6-13(17(21)18-22)8-15(14)23-16(10-19)12-4-2-1-3-5-12/h1-8,11,16,22H,9-10H2,(H,18,21)/t16-/m0/s1. The third kappa shape index (κ3) is 3.17. The second-order valence-corrected chi connectivity index (χ2v) is 5.32. The summed E-state index contributed by atoms with van der Waals surface area (Å²) in [5, 5.41) is 8.76. The number of benzene rings is 2. The lowest BCUT2D eigenvalue weighted by atomic mass is 10.1. The molecule has 0 saturated heterocycles. The van der Waals surface area contributed by atoms with E-state index in [1.807, 2.05) is 30.3 Å². The number of carbonyl (C=O) groups excluding carboxylic acids is 2. The average molecular weight is 312 g/mol. The van der Waals surface area contributed by atoms with Crippen LogP contribution in [0.1, 0.15) is 27.6 Å². The van der Waals surface area contributed by atoms with Crippen molar-refractivity contribution in [2.75, 3.05) is 6.54 Å². The van der Waals surface area contributed by atoms with Crippen molar-refractivity contribution in [3.05, 3.63) is 65.2 Å². The van der Waals surface area contributed by atoms with E-state index >= 15 is 0 Å². The van der Waals surface area contributed by atoms with Crippen LogP contribution in [0.4, 0.5) is 0 Å². The van der Waals surface area contributed by atoms with E-state index < -0.39 is 5.91 Å². The van der Waals surface area contributed by atoms with Crippen LogP contribution in [-0.2, 0) is 11.3 Å². The summed E-state index contributed by atoms with van der Waals surface area (Å²) in [6.07, 6.45) is 0.470. The van der Waals surface area contributed by atoms with Crippen molar-refractivity contribution in [3.8, 4) is 5.75 Å². The van der Waals surface area contributed by atoms with Gasteiger partial charge >= 0.3 is 0 Å². The third-order valence-corrected chi connectivity index (χ3v) is 3.79. The topological polar surface area (TPSA) is 78.9 Å². The Morgan fingerprint density at radius 3 is 2.74 bits per heavy atom. The molecule has 23 heavy (non-hydrogen) atoms. The first-order valence-electron chi connectivity index (χ1n) is 7.19. The maximum Gasteiger partial charge on any atom is 0.274 e. The van der Waals surface area contributed by atoms with E-state index in [9.17, 15) is 9.59 Å². The molecule has 0 saturated carbocycles. The lowest BCUT2D eigenvalue weighted by molar-refractivity contribution is -0.119. The van der Waals surface area contributed by atoms with E-state index in [0.717, 1.165) is 17.5 Å². The highest BCUT2D eigenvalue weighted by molar-refractivity contribution is 5.93. The molecule has 0 spiro atoms. The van der Waals surface area contributed by atoms with Gasteiger partial charge in [0.05, 0.1) is 6.54 Å². The Hall–Kier alpha value is -2.86. The van der Waals surface area contributed by atoms with Gasteiger partial charge in [0.2, 0.25) is 6.41 Å². The van der Waals surface area contributed by atoms with Gasteiger partial charge in [-0.25, -0.2) is 5.48 Å². The minimum absolute atomic E-state index is 0.289. The first kappa shape index (κ1) is 15.1. The maximum absolute atomic E-state index is 11.6. The van der Waals surface area contributed by atoms with Crippen LogP contribution in [-0.4, -0.2) is 29.0 Å². The van der Waals surface area contributed by atoms with E-state index in [-0.39, 0.29) is 11.7 Å². The molecule has 3 rings (SSSR count). The number of nitrogens with zero attached hydrogens (tertiary/aromatic N) is 1. The van der Waals surface area contributed by atoms with Crippen LogP contribution >= 0.6 is 0 Å². The van der Waals surface area contributed by atoms with Crippen LogP contribution in [0.5, 0.6) is 5.75 Å². The van der Waals surface area contributed by atoms with Gasteiger partial charge in [-0.15, -0.1) is 0 Å². The molecule has 2 amide bonds. The van der Waals surface area contributed by atoms with Gasteiger partial charge in [0.1, 0.15) is 11.9 Å². The first-order valence-corrected chi connectivity index (χ1v) is 7.19. The Bertz CT molecular complexity index is 718. The van der Waals surface area contributed by atoms with Gasteiger partial charge in [-0.05, 0) is 17.7 Å². The van der Waals surface area contributed by atoms with Crippen molar-refractivity contribution in [2.24, 2.45) is 0 Å². The Morgan fingerprint density at radius 2 is 2.04 bits per heavy atom. The predicted octanol–water partition coefficient (Wildman–Crippen LogP) is 1.90. The van der Waals surface area contributed by atoms with E-state index in [4.69, 9.17) is 9.94 Å². The summed E-state index contributed by atoms with van der Waals surface area (Å²) < 4.78 is 6.05. The molecular formula is C17H16N2O4. The van der Waals surface area contributed by atoms with Crippen molar-refractivity contribution in [1.82, 2.24) is 10.4 Å². The number of ether oxygens (including phenoxy) is 1. The fourth-order valence-corrected chi connectivity index (χ4v) is 2.61. The smallest absolute Gasteiger partial charge is 0.274 e. The molecule has 118 valence electrons. The van der Waals surface area contributed by atoms with Gasteiger partial charge in [-0.2, -0.15) is 0 Å². The molecular weight excluding hydrogens is 296 g/mol. The molecule has 0 radical (unpaired) electrons. The number of hydroxylamine groups is 1. The number of hydrogen-bond acceptors (Lipinski definition) is 4. The summed E-state index contributed by atoms with van der Waals surface area (Å²) in [6.45, 7) is 0.826. The summed E-state index contributed by atoms with van der Waals surface area (Å²) in [6, 6.07) is 14.5. The number of rotatable bonds is 3. The highest BCUT2D eigenvalue weighted by Gasteiger charge is 2.24. The largest absolute Gasteiger partial charge is 0.483 e. The highest BCUT2D eigenvalue weighted by atomic mass is 16.5. The van der Waals surface area contributed by atoms with Crippen molar-refractivity contribution in [1.29, 1.82) is 0 Å². The quantitative estimate of drug-likeness (QED) is 0.515. The number of fused-ring (bicyclic) bond motifs is 1. The van der Waals surface area contributed by atoms with Crippen LogP contribution in [0.15, 0.2) is 48.5 Å². The third-order valence-electron chi connectivity index (χ3n) is 3.79. The molecule has 1 atom stereocenters. The Labute approximate surface area is 133 Å². The average Bonchev–Trinajstić information content (AvgIpc) is 2.80. The zero-order valence-corrected chi connectivity index (χ0v) is 12.3. The Morgan fingerprint density at radius 1 is 1.26 bits per heavy atom. The van der Waals surface area contributed by atoms with Crippen LogP contribution < -0.4 is 10.2 Å². The van der Waals surface area contributed by atoms with Gasteiger partial charge in [-0.3, -0.25) is 14.8 Å². The minimum Gasteiger partial charge on any atom is -0.483 e. The van der Waals surface area contributed by atoms with Crippen molar-refractivity contribution >= 4 is 12.3 Å². The fraction of sp³-hybridized carbons (Fsp3) is 0.176. The number of nitrogens with one attached hydrogen (secondary N) is 1. The molecule has 1 heterocycles. The fourth-order valence-electron chi connectivity index (χ4n) is 2.61. The van der Waals surface area contributed by atoms with Crippen LogP contribution in [0, 0.1) is 0 Å². The lowest BCUT2D eigenvalue weighted by Gasteiger charge is -2.20. The molecule has 2 N–H and O–H groups in total. The molecule has 6 nitrogen and oxygen atoms in total. The normalized spacial score (nSPS) is 16.7. The van der Waals surface area contributed by atoms with Crippen LogP contribution in [0.25, 0.3) is 0 Å². The molecule has 1 aliphatic rings. The molecule has 1 aliphatic heterocycles. The van der Waals surface area contributed by atoms with Gasteiger partial charge in [0.15, 0.2) is 0 Å². The Balaban J connectivity index is 1.99. The van der Waals surface area contributed by atoms with Crippen molar-refractivity contribution in [2.45, 2.75) is 12.6 Å². The number of amides is 2. The van der Waals surface area contributed by atoms with Crippen LogP contribution in [0.3, 0.4) is 0 Å². The maximum atomic E-state index is 11.6. The van der Waals surface area contributed by atoms with E-state index in [2.05, 4.69) is 0 Å². The highest BCUT2D eigenvalue weighted by Crippen LogP contribution is 2.31. The summed E-state index contributed by atoms with van der Waals surface area (Å²) in [7, 11) is 0. The van der Waals surface area contributed by atoms with Crippen LogP contribution in [0.2, 0.25) is 0 Å². The van der Waals surface area contributed by atoms with E-state index in [1.54, 1.807) is 28.6 Å². The van der Waals surface area contributed by atoms with Gasteiger partial charge < -0.3 is 9.64 Å². The van der Waals surface area contributed by atoms with Crippen molar-refractivity contribution in [3.63, 3.8) is 0 Å². The van der Waals surface area contributed by atoms with Gasteiger partial charge in [0.25, 0.3) is 5.91 Å². The lowest BCUT2D eigenvalue weighted by Crippen LogP contribution is -2.26. The summed E-state index contributed by atoms with van der Waals surface area (Å²) in [4.78, 5) is 24.5. The molecule has 6 heteroatoms. The van der Waals surface area contributed by atoms with Gasteiger partial charge in [-0.1, -0.05) is 36.4 Å². The first-order chi connectivity index (χ1) is 11.2. The zero-order chi connectivity index (χ0) is 16.2. The van der Waals surface area contributed by atoms with E-state index in [1.165, 1.54) is 0 Å². The molecule has 0 aromatic heterocycles. The second kappa shape index (κ2) is 6.50. The van der Waals surface area contributed by atoms with E-state index in [0.29, 0.717) is 18.8 Å². The molecule has 0 unspecified atom stereocenters. The number of hydrogen-bond donors (Lipinski definition) is 2. The SMILES string of the molecule is O=CN1Cc2ccc(C(=O)NO)cc2O[C@H](c2ccccc2)C1. The predicted molar refractivity (Wildman–Crippen MR) is 82.0 cm³/mol. The molecule has 2 aromatic rings. The monoisotopic (exact) mass is 312 g/mol. The summed E-state index contributed by atoms with van der Waals surface area (Å²) in [5.41, 5.74) is 3.65. The summed E-state index contributed by atoms with van der Waals surface area (Å²) >= 11 is 0. The summed E-state index contributed by atoms with van der Waals surface area (Å²) in [5.74, 6) is -0.0755. The molecule has 0 aliphatic carbocycles. The van der Waals surface area contributed by atoms with Gasteiger partial charge in [0, 0.05) is 17.7 Å². The zero-order valence-electron chi connectivity index (χ0n) is 12.3. The second-order valence-electron chi connectivity index (χ2n) is 5.32. The molecule has 0 bridgehead atoms. The molecule has 2 aromatic carbocycles. The molecule has 0 fully saturated rings. The Kier molecular flexibility index (Phi) is 4.25. The van der Waals surface area contributed by atoms with Crippen molar-refractivity contribution < 1.29 is 19.5 Å².